The predicted octanol–water partition coefficient (Wildman–Crippen LogP) is 1.69. The molecule has 0 aliphatic carbocycles. The van der Waals surface area contributed by atoms with Gasteiger partial charge in [-0.1, -0.05) is 12.1 Å². The molecule has 13 nitrogen and oxygen atoms in total. The lowest BCUT2D eigenvalue weighted by Gasteiger charge is -2.24. The zero-order valence-electron chi connectivity index (χ0n) is 20.9. The number of aliphatic hydroxyl groups excluding tert-OH is 2. The second kappa shape index (κ2) is 15.0. The summed E-state index contributed by atoms with van der Waals surface area (Å²) in [5, 5.41) is 40.9. The van der Waals surface area contributed by atoms with Crippen LogP contribution in [0.4, 0.5) is 26.7 Å². The molecule has 1 atom stereocenters. The van der Waals surface area contributed by atoms with Crippen molar-refractivity contribution in [1.29, 1.82) is 0 Å². The number of anilines is 3. The van der Waals surface area contributed by atoms with E-state index < -0.39 is 36.5 Å². The summed E-state index contributed by atoms with van der Waals surface area (Å²) >= 11 is 0. The van der Waals surface area contributed by atoms with Gasteiger partial charge < -0.3 is 40.7 Å². The van der Waals surface area contributed by atoms with Gasteiger partial charge in [0.1, 0.15) is 12.6 Å². The van der Waals surface area contributed by atoms with Crippen molar-refractivity contribution in [3.05, 3.63) is 54.1 Å². The highest BCUT2D eigenvalue weighted by molar-refractivity contribution is 5.92. The Balaban J connectivity index is 1.87. The van der Waals surface area contributed by atoms with E-state index in [2.05, 4.69) is 10.6 Å². The smallest absolute Gasteiger partial charge is 0.414 e. The lowest BCUT2D eigenvalue weighted by Crippen LogP contribution is -2.43. The number of nitrogens with one attached hydrogen (secondary N) is 2. The number of carbonyl (C=O) groups is 4. The fourth-order valence-corrected chi connectivity index (χ4v) is 3.38. The Labute approximate surface area is 219 Å². The van der Waals surface area contributed by atoms with E-state index in [-0.39, 0.29) is 26.2 Å². The Morgan fingerprint density at radius 1 is 0.895 bits per heavy atom. The van der Waals surface area contributed by atoms with Crippen molar-refractivity contribution in [1.82, 2.24) is 5.32 Å². The molecule has 0 fully saturated rings. The first-order valence-electron chi connectivity index (χ1n) is 11.7. The third-order valence-corrected chi connectivity index (χ3v) is 5.44. The number of carboxylic acid groups (broad SMARTS) is 2. The largest absolute Gasteiger partial charge is 0.481 e. The monoisotopic (exact) mass is 532 g/mol. The highest BCUT2D eigenvalue weighted by Crippen LogP contribution is 2.21. The number of nitrogens with zero attached hydrogens (tertiary/aromatic N) is 2. The molecule has 206 valence electrons. The first kappa shape index (κ1) is 29.9. The van der Waals surface area contributed by atoms with E-state index >= 15 is 0 Å². The van der Waals surface area contributed by atoms with Gasteiger partial charge in [-0.3, -0.25) is 9.69 Å². The van der Waals surface area contributed by atoms with Crippen LogP contribution in [0.3, 0.4) is 0 Å². The Bertz CT molecular complexity index is 1070. The molecule has 3 amide bonds. The molecule has 0 aliphatic heterocycles. The van der Waals surface area contributed by atoms with Crippen LogP contribution >= 0.6 is 0 Å². The second-order valence-corrected chi connectivity index (χ2v) is 8.18. The van der Waals surface area contributed by atoms with Gasteiger partial charge in [0.25, 0.3) is 0 Å². The zero-order valence-corrected chi connectivity index (χ0v) is 20.9. The third-order valence-electron chi connectivity index (χ3n) is 5.44. The predicted molar refractivity (Wildman–Crippen MR) is 138 cm³/mol. The van der Waals surface area contributed by atoms with Crippen LogP contribution in [0, 0.1) is 0 Å². The van der Waals surface area contributed by atoms with E-state index in [1.54, 1.807) is 55.6 Å². The summed E-state index contributed by atoms with van der Waals surface area (Å²) < 4.78 is 5.34. The van der Waals surface area contributed by atoms with Crippen molar-refractivity contribution in [3.8, 4) is 0 Å². The number of carboxylic acids is 2. The summed E-state index contributed by atoms with van der Waals surface area (Å²) in [6, 6.07) is 11.2. The van der Waals surface area contributed by atoms with Crippen LogP contribution in [-0.4, -0.2) is 83.9 Å². The number of hydrogen-bond donors (Lipinski definition) is 6. The zero-order chi connectivity index (χ0) is 28.1. The highest BCUT2D eigenvalue weighted by Gasteiger charge is 2.21. The molecule has 2 aromatic carbocycles. The maximum atomic E-state index is 12.5. The molecule has 0 aromatic heterocycles. The highest BCUT2D eigenvalue weighted by atomic mass is 16.6. The number of urea groups is 1. The maximum absolute atomic E-state index is 12.5. The topological polar surface area (TPSA) is 189 Å². The minimum atomic E-state index is -1.35. The van der Waals surface area contributed by atoms with Gasteiger partial charge in [-0.15, -0.1) is 0 Å². The van der Waals surface area contributed by atoms with Crippen LogP contribution in [-0.2, 0) is 20.9 Å². The van der Waals surface area contributed by atoms with Gasteiger partial charge in [-0.25, -0.2) is 14.4 Å². The van der Waals surface area contributed by atoms with Crippen molar-refractivity contribution in [2.45, 2.75) is 25.5 Å². The molecule has 0 bridgehead atoms. The summed E-state index contributed by atoms with van der Waals surface area (Å²) in [4.78, 5) is 49.5. The van der Waals surface area contributed by atoms with Crippen molar-refractivity contribution in [2.75, 3.05) is 48.5 Å². The Kier molecular flexibility index (Phi) is 11.8. The fourth-order valence-electron chi connectivity index (χ4n) is 3.38. The summed E-state index contributed by atoms with van der Waals surface area (Å²) in [6.07, 6.45) is -1.26. The SMILES string of the molecule is CN(C(=O)OCc1ccc(NC(=O)N[C@@H](CCC(=O)O)C(=O)O)cc1)c1ccc(N(CCO)CCO)cc1. The number of carbonyl (C=O) groups excluding carboxylic acids is 2. The van der Waals surface area contributed by atoms with Crippen LogP contribution in [0.2, 0.25) is 0 Å². The summed E-state index contributed by atoms with van der Waals surface area (Å²) in [5.74, 6) is -2.51. The van der Waals surface area contributed by atoms with Gasteiger partial charge in [0, 0.05) is 43.6 Å². The average Bonchev–Trinajstić information content (AvgIpc) is 2.89. The van der Waals surface area contributed by atoms with Gasteiger partial charge in [0.15, 0.2) is 0 Å². The third kappa shape index (κ3) is 9.59. The Hall–Kier alpha value is -4.36. The van der Waals surface area contributed by atoms with Gasteiger partial charge >= 0.3 is 24.1 Å². The quantitative estimate of drug-likeness (QED) is 0.209. The van der Waals surface area contributed by atoms with Crippen LogP contribution in [0.15, 0.2) is 48.5 Å². The molecule has 2 rings (SSSR count). The van der Waals surface area contributed by atoms with Gasteiger partial charge in [0.2, 0.25) is 0 Å². The van der Waals surface area contributed by atoms with Gasteiger partial charge in [0.05, 0.1) is 13.2 Å². The van der Waals surface area contributed by atoms with Gasteiger partial charge in [-0.05, 0) is 48.4 Å². The van der Waals surface area contributed by atoms with E-state index in [0.29, 0.717) is 30.0 Å². The van der Waals surface area contributed by atoms with Crippen LogP contribution < -0.4 is 20.4 Å². The molecular formula is C25H32N4O9. The Morgan fingerprint density at radius 2 is 1.47 bits per heavy atom. The number of hydrogen-bond acceptors (Lipinski definition) is 8. The summed E-state index contributed by atoms with van der Waals surface area (Å²) in [5.41, 5.74) is 2.37. The van der Waals surface area contributed by atoms with E-state index in [1.807, 2.05) is 4.90 Å². The molecular weight excluding hydrogens is 500 g/mol. The standard InChI is InChI=1S/C25H32N4O9/c1-28(19-6-8-20(9-7-19)29(12-14-30)13-15-31)25(37)38-16-17-2-4-18(5-3-17)26-24(36)27-21(23(34)35)10-11-22(32)33/h2-9,21,30-31H,10-16H2,1H3,(H,32,33)(H,34,35)(H2,26,27,36)/t21-/m0/s1. The van der Waals surface area contributed by atoms with Crippen LogP contribution in [0.5, 0.6) is 0 Å². The van der Waals surface area contributed by atoms with Gasteiger partial charge in [-0.2, -0.15) is 0 Å². The van der Waals surface area contributed by atoms with E-state index in [0.717, 1.165) is 5.69 Å². The number of benzene rings is 2. The molecule has 0 heterocycles. The lowest BCUT2D eigenvalue weighted by atomic mass is 10.1. The number of aliphatic hydroxyl groups is 2. The van der Waals surface area contributed by atoms with Crippen molar-refractivity contribution < 1.29 is 44.3 Å². The molecule has 0 saturated carbocycles. The minimum absolute atomic E-state index is 0.0369. The van der Waals surface area contributed by atoms with Crippen LogP contribution in [0.1, 0.15) is 18.4 Å². The first-order chi connectivity index (χ1) is 18.1. The maximum Gasteiger partial charge on any atom is 0.414 e. The number of aliphatic carboxylic acids is 2. The molecule has 2 aromatic rings. The second-order valence-electron chi connectivity index (χ2n) is 8.18. The van der Waals surface area contributed by atoms with E-state index in [1.165, 1.54) is 4.90 Å². The minimum Gasteiger partial charge on any atom is -0.481 e. The molecule has 0 unspecified atom stereocenters. The Morgan fingerprint density at radius 3 is 2.00 bits per heavy atom. The van der Waals surface area contributed by atoms with Crippen LogP contribution in [0.25, 0.3) is 0 Å². The normalized spacial score (nSPS) is 11.2. The van der Waals surface area contributed by atoms with Crippen molar-refractivity contribution in [2.24, 2.45) is 0 Å². The number of amides is 3. The van der Waals surface area contributed by atoms with Crippen molar-refractivity contribution >= 4 is 41.1 Å². The molecule has 0 aliphatic rings. The molecule has 38 heavy (non-hydrogen) atoms. The molecule has 13 heteroatoms. The molecule has 6 N–H and O–H groups in total. The number of rotatable bonds is 14. The van der Waals surface area contributed by atoms with Crippen molar-refractivity contribution in [3.63, 3.8) is 0 Å². The van der Waals surface area contributed by atoms with E-state index in [4.69, 9.17) is 14.9 Å². The molecule has 0 saturated heterocycles. The molecule has 0 spiro atoms. The lowest BCUT2D eigenvalue weighted by molar-refractivity contribution is -0.140. The first-order valence-corrected chi connectivity index (χ1v) is 11.7. The fraction of sp³-hybridized carbons (Fsp3) is 0.360. The number of ether oxygens (including phenoxy) is 1. The van der Waals surface area contributed by atoms with E-state index in [9.17, 15) is 29.4 Å². The summed E-state index contributed by atoms with van der Waals surface area (Å²) in [7, 11) is 1.56. The summed E-state index contributed by atoms with van der Waals surface area (Å²) in [6.45, 7) is 0.583. The molecule has 0 radical (unpaired) electrons. The average molecular weight is 533 g/mol.